The number of anilines is 5. The van der Waals surface area contributed by atoms with Gasteiger partial charge in [-0.15, -0.1) is 0 Å². The Morgan fingerprint density at radius 3 is 1.10 bits per heavy atom. The van der Waals surface area contributed by atoms with Crippen molar-refractivity contribution in [3.63, 3.8) is 0 Å². The summed E-state index contributed by atoms with van der Waals surface area (Å²) in [5.41, 5.74) is 13.6. The maximum atomic E-state index is 13.6. The fourth-order valence-electron chi connectivity index (χ4n) is 14.8. The monoisotopic (exact) mass is 1720 g/mol. The highest BCUT2D eigenvalue weighted by atomic mass is 35.5. The number of amides is 10. The van der Waals surface area contributed by atoms with E-state index in [0.717, 1.165) is 62.6 Å². The maximum absolute atomic E-state index is 13.6. The van der Waals surface area contributed by atoms with Crippen molar-refractivity contribution in [2.45, 2.75) is 125 Å². The number of carbonyl (C=O) groups is 9. The number of nitrogens with zero attached hydrogens (tertiary/aromatic N) is 13. The molecule has 0 fully saturated rings. The van der Waals surface area contributed by atoms with Gasteiger partial charge in [0.25, 0.3) is 23.4 Å². The highest BCUT2D eigenvalue weighted by Crippen LogP contribution is 2.45. The molecule has 0 bridgehead atoms. The molecule has 0 saturated heterocycles. The van der Waals surface area contributed by atoms with Crippen LogP contribution in [0.3, 0.4) is 0 Å². The number of nitro groups is 1. The van der Waals surface area contributed by atoms with E-state index >= 15 is 0 Å². The van der Waals surface area contributed by atoms with Gasteiger partial charge in [0.1, 0.15) is 0 Å². The fourth-order valence-corrected chi connectivity index (χ4v) is 14.8. The topological polar surface area (TPSA) is 389 Å². The number of nitrogen functional groups attached to an aromatic ring is 1. The molecule has 33 nitrogen and oxygen atoms in total. The number of aryl methyl sites for hydroxylation is 3. The Morgan fingerprint density at radius 2 is 0.815 bits per heavy atom. The van der Waals surface area contributed by atoms with E-state index in [-0.39, 0.29) is 99.1 Å². The highest BCUT2D eigenvalue weighted by Gasteiger charge is 2.49. The number of nitro benzene ring substituents is 1. The van der Waals surface area contributed by atoms with E-state index in [1.807, 2.05) is 199 Å². The van der Waals surface area contributed by atoms with E-state index in [4.69, 9.17) is 17.3 Å². The smallest absolute Gasteiger partial charge is 0.319 e. The Bertz CT molecular complexity index is 5280. The highest BCUT2D eigenvalue weighted by molar-refractivity contribution is 6.66. The molecule has 124 heavy (non-hydrogen) atoms. The molecule has 3 aromatic heterocycles. The van der Waals surface area contributed by atoms with E-state index in [2.05, 4.69) is 75.3 Å². The predicted octanol–water partition coefficient (Wildman–Crippen LogP) is 13.6. The minimum atomic E-state index is -0.699. The number of non-ortho nitro benzene ring substituents is 1. The Balaban J connectivity index is 0.000000268. The molecule has 0 unspecified atom stereocenters. The zero-order valence-electron chi connectivity index (χ0n) is 72.0. The quantitative estimate of drug-likeness (QED) is 0.00736. The molecular weight excluding hydrogens is 1600 g/mol. The Hall–Kier alpha value is -13.4. The molecule has 0 spiro atoms. The lowest BCUT2D eigenvalue weighted by Crippen LogP contribution is -2.49. The van der Waals surface area contributed by atoms with Gasteiger partial charge in [-0.3, -0.25) is 52.9 Å². The van der Waals surface area contributed by atoms with Crippen LogP contribution in [0, 0.1) is 10.1 Å². The third kappa shape index (κ3) is 25.2. The zero-order chi connectivity index (χ0) is 89.8. The van der Waals surface area contributed by atoms with Crippen LogP contribution in [-0.4, -0.2) is 185 Å². The average molecular weight is 1720 g/mol. The van der Waals surface area contributed by atoms with Gasteiger partial charge in [-0.1, -0.05) is 137 Å². The number of hydrogen-bond acceptors (Lipinski definition) is 19. The largest absolute Gasteiger partial charge is 0.466 e. The molecular formula is C90H118ClN21O12. The summed E-state index contributed by atoms with van der Waals surface area (Å²) in [4.78, 5) is 133. The van der Waals surface area contributed by atoms with Gasteiger partial charge in [0, 0.05) is 105 Å². The maximum Gasteiger partial charge on any atom is 0.319 e. The summed E-state index contributed by atoms with van der Waals surface area (Å²) in [6.45, 7) is 24.8. The first-order valence-electron chi connectivity index (χ1n) is 39.2. The molecule has 6 aromatic carbocycles. The summed E-state index contributed by atoms with van der Waals surface area (Å²) in [6, 6.07) is 47.4. The number of carbonyl (C=O) groups excluding carboxylic acids is 9. The molecule has 10 amide bonds. The number of benzene rings is 6. The summed E-state index contributed by atoms with van der Waals surface area (Å²) in [6.07, 6.45) is 2.21. The number of urea groups is 3. The van der Waals surface area contributed by atoms with Crippen molar-refractivity contribution in [1.29, 1.82) is 0 Å². The zero-order valence-corrected chi connectivity index (χ0v) is 72.8. The molecule has 0 radical (unpaired) electrons. The summed E-state index contributed by atoms with van der Waals surface area (Å²) < 4.78 is 9.53. The van der Waals surface area contributed by atoms with Gasteiger partial charge in [0.05, 0.1) is 83.0 Å². The lowest BCUT2D eigenvalue weighted by Gasteiger charge is -2.34. The SMILES string of the molecule is C.C.C=CC(=O)Cl.C=CC(=O)Nc1cccc(C(=O)Nc2nn(C)c3c2CN(C(=O)N[C@H](CN(C)C)c2ccccc2)C3(C)C)c1.CCOC(C)=O.CN(C)C[C@@H](NC(=O)N1Cc2c(NC(=O)c3cccc(N)c3)nn(C)c2C1(C)C)c1ccccc1.CN(C)C[C@@H](NC(=O)N1Cc2c(NC(=O)c3cccc([N+](=O)[O-])c3)nn(C)c2C1(C)C)c1ccccc1. The summed E-state index contributed by atoms with van der Waals surface area (Å²) in [5, 5.41) is 45.0. The molecule has 3 aliphatic heterocycles. The minimum absolute atomic E-state index is 0. The van der Waals surface area contributed by atoms with Crippen LogP contribution in [0.5, 0.6) is 0 Å². The number of ether oxygens (including phenoxy) is 1. The molecule has 9 N–H and O–H groups in total. The lowest BCUT2D eigenvalue weighted by atomic mass is 10.0. The second kappa shape index (κ2) is 43.9. The molecule has 0 saturated carbocycles. The lowest BCUT2D eigenvalue weighted by molar-refractivity contribution is -0.384. The summed E-state index contributed by atoms with van der Waals surface area (Å²) in [7, 11) is 17.2. The molecule has 3 aliphatic rings. The van der Waals surface area contributed by atoms with Crippen LogP contribution in [0.1, 0.15) is 170 Å². The average Bonchev–Trinajstić information content (AvgIpc) is 1.59. The first kappa shape index (κ1) is 99.4. The number of rotatable bonds is 23. The van der Waals surface area contributed by atoms with E-state index < -0.39 is 32.7 Å². The van der Waals surface area contributed by atoms with Crippen LogP contribution in [0.2, 0.25) is 0 Å². The third-order valence-electron chi connectivity index (χ3n) is 20.3. The van der Waals surface area contributed by atoms with Gasteiger partial charge < -0.3 is 77.1 Å². The number of hydrogen-bond donors (Lipinski definition) is 8. The second-order valence-corrected chi connectivity index (χ2v) is 31.7. The van der Waals surface area contributed by atoms with E-state index in [0.29, 0.717) is 72.7 Å². The van der Waals surface area contributed by atoms with Crippen LogP contribution in [0.4, 0.5) is 48.9 Å². The van der Waals surface area contributed by atoms with Crippen LogP contribution in [-0.2, 0) is 76.5 Å². The van der Waals surface area contributed by atoms with Crippen molar-refractivity contribution in [3.05, 3.63) is 266 Å². The number of fused-ring (bicyclic) bond motifs is 3. The second-order valence-electron chi connectivity index (χ2n) is 31.4. The number of esters is 1. The van der Waals surface area contributed by atoms with Gasteiger partial charge in [0.15, 0.2) is 17.5 Å². The molecule has 3 atom stereocenters. The van der Waals surface area contributed by atoms with Gasteiger partial charge in [-0.2, -0.15) is 15.3 Å². The van der Waals surface area contributed by atoms with Gasteiger partial charge in [-0.25, -0.2) is 14.4 Å². The van der Waals surface area contributed by atoms with Crippen molar-refractivity contribution < 1.29 is 52.8 Å². The molecule has 0 aliphatic carbocycles. The number of nitrogens with two attached hydrogens (primary N) is 1. The Morgan fingerprint density at radius 1 is 0.500 bits per heavy atom. The van der Waals surface area contributed by atoms with Crippen molar-refractivity contribution in [2.24, 2.45) is 21.1 Å². The fraction of sp³-hybridized carbons (Fsp3) is 0.356. The molecule has 662 valence electrons. The number of aromatic nitrogens is 6. The number of nitrogens with one attached hydrogen (secondary N) is 7. The van der Waals surface area contributed by atoms with Gasteiger partial charge >= 0.3 is 24.1 Å². The van der Waals surface area contributed by atoms with Crippen LogP contribution >= 0.6 is 11.6 Å². The van der Waals surface area contributed by atoms with Gasteiger partial charge in [-0.05, 0) is 174 Å². The van der Waals surface area contributed by atoms with Crippen molar-refractivity contribution >= 4 is 99.1 Å². The normalized spacial score (nSPS) is 13.9. The summed E-state index contributed by atoms with van der Waals surface area (Å²) >= 11 is 4.71. The summed E-state index contributed by atoms with van der Waals surface area (Å²) in [5.74, 6) is -0.588. The predicted molar refractivity (Wildman–Crippen MR) is 484 cm³/mol. The first-order chi connectivity index (χ1) is 57.6. The number of allylic oxidation sites excluding steroid dienone is 1. The van der Waals surface area contributed by atoms with E-state index in [9.17, 15) is 53.3 Å². The first-order valence-corrected chi connectivity index (χ1v) is 39.5. The molecule has 6 heterocycles. The van der Waals surface area contributed by atoms with Crippen LogP contribution in [0.15, 0.2) is 189 Å². The van der Waals surface area contributed by atoms with Crippen LogP contribution < -0.4 is 43.0 Å². The number of halogens is 1. The minimum Gasteiger partial charge on any atom is -0.466 e. The molecule has 9 aromatic rings. The standard InChI is InChI=1S/C29H35N7O3.C26H31N7O4.C26H33N7O2.C4H8O2.C3H3ClO.2CH4/c1-7-24(37)30-21-15-11-14-20(16-21)27(38)32-26-22-17-36(29(2,3)25(22)35(6)33-26)28(39)31-23(18-34(4)5)19-12-9-8-10-13-19;1-26(2)22-20(15-32(26)25(35)27-21(16-30(3)4)17-10-7-6-8-11-17)23(29-31(22)5)28-24(34)18-12-9-13-19(14-18)33(36)37;1-26(2)22-20(23(30-32(22)5)29-24(34)18-12-9-13-19(27)14-18)15-33(26)25(35)28-21(16-31(3)4)17-10-7-6-8-11-17;1-3-6-4(2)5;1-2-3(4)5;;/h7-16,23H,1,17-18H2,2-6H3,(H,30,37)(H,31,39)(H,32,33,38);6-14,21H,15-16H2,1-5H3,(H,27,35)(H,28,29,34);6-14,21H,15-16,27H2,1-5H3,(H,28,35)(H,29,30,34);3H2,1-2H3;2H,1H2;2*1H4/t23-;2*21-;;;;/m111..../s1. The Kier molecular flexibility index (Phi) is 35.2. The van der Waals surface area contributed by atoms with Crippen molar-refractivity contribution in [3.8, 4) is 0 Å². The molecule has 12 rings (SSSR count). The van der Waals surface area contributed by atoms with Gasteiger partial charge in [0.2, 0.25) is 11.1 Å². The Labute approximate surface area is 730 Å². The van der Waals surface area contributed by atoms with E-state index in [1.165, 1.54) is 31.2 Å². The van der Waals surface area contributed by atoms with Crippen molar-refractivity contribution in [1.82, 2.24) is 74.7 Å². The van der Waals surface area contributed by atoms with Crippen LogP contribution in [0.25, 0.3) is 0 Å². The van der Waals surface area contributed by atoms with E-state index in [1.54, 1.807) is 91.2 Å². The number of likely N-dealkylation sites (N-methyl/N-ethyl adjacent to an activating group) is 3. The molecule has 34 heteroatoms. The third-order valence-corrected chi connectivity index (χ3v) is 20.4. The van der Waals surface area contributed by atoms with Crippen molar-refractivity contribution in [2.75, 3.05) is 95.5 Å².